The maximum atomic E-state index is 10.8. The van der Waals surface area contributed by atoms with Crippen LogP contribution in [0.1, 0.15) is 33.1 Å². The van der Waals surface area contributed by atoms with E-state index in [1.807, 2.05) is 13.8 Å². The lowest BCUT2D eigenvalue weighted by Gasteiger charge is -2.28. The maximum absolute atomic E-state index is 10.8. The molecule has 1 aliphatic heterocycles. The van der Waals surface area contributed by atoms with Crippen LogP contribution >= 0.6 is 11.8 Å². The molecule has 0 aromatic carbocycles. The molecular weight excluding hydrogens is 236 g/mol. The second-order valence-electron chi connectivity index (χ2n) is 5.17. The molecule has 17 heavy (non-hydrogen) atoms. The van der Waals surface area contributed by atoms with Crippen molar-refractivity contribution < 1.29 is 9.90 Å². The van der Waals surface area contributed by atoms with Crippen molar-refractivity contribution in [3.05, 3.63) is 0 Å². The number of hydrogen-bond acceptors (Lipinski definition) is 4. The number of thioether (sulfide) groups is 1. The van der Waals surface area contributed by atoms with Gasteiger partial charge in [-0.25, -0.2) is 0 Å². The van der Waals surface area contributed by atoms with E-state index in [9.17, 15) is 4.79 Å². The lowest BCUT2D eigenvalue weighted by molar-refractivity contribution is -0.139. The van der Waals surface area contributed by atoms with Crippen LogP contribution in [-0.2, 0) is 4.79 Å². The smallest absolute Gasteiger partial charge is 0.321 e. The third-order valence-corrected chi connectivity index (χ3v) is 4.80. The molecule has 0 aromatic rings. The van der Waals surface area contributed by atoms with Crippen molar-refractivity contribution in [1.29, 1.82) is 0 Å². The highest BCUT2D eigenvalue weighted by Crippen LogP contribution is 2.28. The number of carboxylic acid groups (broad SMARTS) is 1. The van der Waals surface area contributed by atoms with Gasteiger partial charge in [-0.15, -0.1) is 0 Å². The van der Waals surface area contributed by atoms with Gasteiger partial charge in [-0.05, 0) is 58.5 Å². The van der Waals surface area contributed by atoms with Crippen molar-refractivity contribution >= 4 is 17.7 Å². The largest absolute Gasteiger partial charge is 0.480 e. The number of aliphatic carboxylic acids is 1. The summed E-state index contributed by atoms with van der Waals surface area (Å²) >= 11 is 1.67. The minimum atomic E-state index is -0.915. The molecule has 1 rings (SSSR count). The normalized spacial score (nSPS) is 19.5. The molecule has 0 aliphatic carbocycles. The molecule has 1 aliphatic rings. The Kier molecular flexibility index (Phi) is 5.76. The van der Waals surface area contributed by atoms with Gasteiger partial charge in [0.1, 0.15) is 6.04 Å². The Morgan fingerprint density at radius 2 is 2.06 bits per heavy atom. The van der Waals surface area contributed by atoms with Gasteiger partial charge >= 0.3 is 5.97 Å². The third-order valence-electron chi connectivity index (χ3n) is 3.31. The Bertz CT molecular complexity index is 253. The average Bonchev–Trinajstić information content (AvgIpc) is 2.76. The number of likely N-dealkylation sites (tertiary alicyclic amines) is 1. The molecule has 5 heteroatoms. The molecule has 3 N–H and O–H groups in total. The molecule has 0 aromatic heterocycles. The van der Waals surface area contributed by atoms with Gasteiger partial charge in [0.25, 0.3) is 0 Å². The fourth-order valence-electron chi connectivity index (χ4n) is 2.02. The van der Waals surface area contributed by atoms with E-state index in [1.54, 1.807) is 11.8 Å². The first kappa shape index (κ1) is 14.8. The van der Waals surface area contributed by atoms with E-state index >= 15 is 0 Å². The summed E-state index contributed by atoms with van der Waals surface area (Å²) in [5, 5.41) is 8.90. The zero-order valence-electron chi connectivity index (χ0n) is 10.8. The van der Waals surface area contributed by atoms with E-state index < -0.39 is 16.8 Å². The van der Waals surface area contributed by atoms with Crippen LogP contribution in [-0.4, -0.2) is 52.2 Å². The van der Waals surface area contributed by atoms with Crippen molar-refractivity contribution in [2.24, 2.45) is 5.73 Å². The number of carboxylic acids is 1. The second kappa shape index (κ2) is 6.61. The molecule has 0 radical (unpaired) electrons. The molecule has 0 saturated carbocycles. The summed E-state index contributed by atoms with van der Waals surface area (Å²) in [6.07, 6.45) is 3.76. The Morgan fingerprint density at radius 1 is 1.47 bits per heavy atom. The van der Waals surface area contributed by atoms with E-state index in [0.717, 1.165) is 18.7 Å². The van der Waals surface area contributed by atoms with Crippen molar-refractivity contribution in [2.45, 2.75) is 43.9 Å². The highest BCUT2D eigenvalue weighted by molar-refractivity contribution is 8.00. The van der Waals surface area contributed by atoms with Crippen LogP contribution in [0.25, 0.3) is 0 Å². The molecule has 100 valence electrons. The van der Waals surface area contributed by atoms with Crippen LogP contribution in [0.4, 0.5) is 0 Å². The van der Waals surface area contributed by atoms with Crippen molar-refractivity contribution in [3.8, 4) is 0 Å². The van der Waals surface area contributed by atoms with Gasteiger partial charge in [0.15, 0.2) is 0 Å². The summed E-state index contributed by atoms with van der Waals surface area (Å²) in [6.45, 7) is 7.40. The molecule has 0 unspecified atom stereocenters. The van der Waals surface area contributed by atoms with Crippen LogP contribution in [0.5, 0.6) is 0 Å². The Morgan fingerprint density at radius 3 is 2.59 bits per heavy atom. The van der Waals surface area contributed by atoms with Gasteiger partial charge in [0.2, 0.25) is 0 Å². The summed E-state index contributed by atoms with van der Waals surface area (Å²) in [4.78, 5) is 13.3. The van der Waals surface area contributed by atoms with Gasteiger partial charge in [-0.2, -0.15) is 11.8 Å². The van der Waals surface area contributed by atoms with Crippen molar-refractivity contribution in [2.75, 3.05) is 25.4 Å². The standard InChI is InChI=1S/C12H24N2O2S/c1-12(2,10(13)11(15)16)17-9-5-8-14-6-3-4-7-14/h10H,3-9,13H2,1-2H3,(H,15,16)/t10-/m1/s1. The number of nitrogens with two attached hydrogens (primary N) is 1. The first-order valence-corrected chi connectivity index (χ1v) is 7.27. The molecular formula is C12H24N2O2S. The lowest BCUT2D eigenvalue weighted by atomic mass is 10.1. The third kappa shape index (κ3) is 4.85. The minimum Gasteiger partial charge on any atom is -0.480 e. The monoisotopic (exact) mass is 260 g/mol. The summed E-state index contributed by atoms with van der Waals surface area (Å²) in [5.74, 6) is 0.0619. The highest BCUT2D eigenvalue weighted by Gasteiger charge is 2.32. The van der Waals surface area contributed by atoms with E-state index in [1.165, 1.54) is 25.9 Å². The van der Waals surface area contributed by atoms with E-state index in [4.69, 9.17) is 10.8 Å². The van der Waals surface area contributed by atoms with E-state index in [-0.39, 0.29) is 0 Å². The SMILES string of the molecule is CC(C)(SCCCN1CCCC1)[C@H](N)C(=O)O. The zero-order chi connectivity index (χ0) is 12.9. The topological polar surface area (TPSA) is 66.6 Å². The van der Waals surface area contributed by atoms with Gasteiger partial charge in [0.05, 0.1) is 0 Å². The van der Waals surface area contributed by atoms with Gasteiger partial charge in [0, 0.05) is 4.75 Å². The molecule has 0 amide bonds. The predicted molar refractivity (Wildman–Crippen MR) is 72.4 cm³/mol. The van der Waals surface area contributed by atoms with E-state index in [0.29, 0.717) is 0 Å². The van der Waals surface area contributed by atoms with Crippen LogP contribution < -0.4 is 5.73 Å². The molecule has 4 nitrogen and oxygen atoms in total. The maximum Gasteiger partial charge on any atom is 0.321 e. The summed E-state index contributed by atoms with van der Waals surface area (Å²) in [7, 11) is 0. The van der Waals surface area contributed by atoms with Crippen LogP contribution in [0, 0.1) is 0 Å². The number of rotatable bonds is 7. The fourth-order valence-corrected chi connectivity index (χ4v) is 3.10. The Labute approximate surface area is 108 Å². The fraction of sp³-hybridized carbons (Fsp3) is 0.917. The van der Waals surface area contributed by atoms with Crippen LogP contribution in [0.15, 0.2) is 0 Å². The summed E-state index contributed by atoms with van der Waals surface area (Å²) in [6, 6.07) is -0.792. The first-order chi connectivity index (χ1) is 7.93. The van der Waals surface area contributed by atoms with E-state index in [2.05, 4.69) is 4.90 Å². The molecule has 1 fully saturated rings. The van der Waals surface area contributed by atoms with Gasteiger partial charge in [-0.3, -0.25) is 4.79 Å². The zero-order valence-corrected chi connectivity index (χ0v) is 11.6. The highest BCUT2D eigenvalue weighted by atomic mass is 32.2. The van der Waals surface area contributed by atoms with Gasteiger partial charge < -0.3 is 15.7 Å². The van der Waals surface area contributed by atoms with Crippen LogP contribution in [0.2, 0.25) is 0 Å². The number of nitrogens with zero attached hydrogens (tertiary/aromatic N) is 1. The molecule has 1 atom stereocenters. The van der Waals surface area contributed by atoms with Crippen molar-refractivity contribution in [3.63, 3.8) is 0 Å². The van der Waals surface area contributed by atoms with Gasteiger partial charge in [-0.1, -0.05) is 0 Å². The Balaban J connectivity index is 2.17. The molecule has 1 heterocycles. The van der Waals surface area contributed by atoms with Crippen molar-refractivity contribution in [1.82, 2.24) is 4.90 Å². The summed E-state index contributed by atoms with van der Waals surface area (Å²) < 4.78 is -0.392. The first-order valence-electron chi connectivity index (χ1n) is 6.28. The summed E-state index contributed by atoms with van der Waals surface area (Å²) in [5.41, 5.74) is 5.67. The average molecular weight is 260 g/mol. The number of carbonyl (C=O) groups is 1. The quantitative estimate of drug-likeness (QED) is 0.677. The minimum absolute atomic E-state index is 0.392. The molecule has 0 bridgehead atoms. The van der Waals surface area contributed by atoms with Crippen LogP contribution in [0.3, 0.4) is 0 Å². The predicted octanol–water partition coefficient (Wildman–Crippen LogP) is 1.40. The second-order valence-corrected chi connectivity index (χ2v) is 6.92. The number of hydrogen-bond donors (Lipinski definition) is 2. The molecule has 1 saturated heterocycles. The Hall–Kier alpha value is -0.260. The molecule has 0 spiro atoms. The lowest BCUT2D eigenvalue weighted by Crippen LogP contribution is -2.46.